The van der Waals surface area contributed by atoms with Crippen molar-refractivity contribution < 1.29 is 23.1 Å². The van der Waals surface area contributed by atoms with E-state index < -0.39 is 24.7 Å². The van der Waals surface area contributed by atoms with Gasteiger partial charge in [-0.1, -0.05) is 20.8 Å². The van der Waals surface area contributed by atoms with Crippen LogP contribution in [0.3, 0.4) is 0 Å². The quantitative estimate of drug-likeness (QED) is 0.780. The Kier molecular flexibility index (Phi) is 5.07. The second-order valence-corrected chi connectivity index (χ2v) is 3.71. The number of rotatable bonds is 5. The van der Waals surface area contributed by atoms with Gasteiger partial charge in [0.15, 0.2) is 0 Å². The summed E-state index contributed by atoms with van der Waals surface area (Å²) < 4.78 is 36.4. The van der Waals surface area contributed by atoms with Crippen LogP contribution in [0.5, 0.6) is 0 Å². The van der Waals surface area contributed by atoms with Crippen molar-refractivity contribution in [1.29, 1.82) is 0 Å². The molecule has 0 saturated heterocycles. The predicted molar refractivity (Wildman–Crippen MR) is 49.6 cm³/mol. The van der Waals surface area contributed by atoms with Gasteiger partial charge >= 0.3 is 12.1 Å². The van der Waals surface area contributed by atoms with E-state index in [0.29, 0.717) is 0 Å². The number of carboxylic acid groups (broad SMARTS) is 1. The maximum absolute atomic E-state index is 12.1. The number of nitrogens with zero attached hydrogens (tertiary/aromatic N) is 1. The molecular formula is C9H16F3NO2. The third-order valence-corrected chi connectivity index (χ3v) is 2.07. The molecule has 0 aliphatic carbocycles. The molecule has 0 bridgehead atoms. The molecule has 0 rings (SSSR count). The van der Waals surface area contributed by atoms with Crippen LogP contribution in [-0.2, 0) is 4.79 Å². The smallest absolute Gasteiger partial charge is 0.401 e. The molecule has 0 radical (unpaired) electrons. The summed E-state index contributed by atoms with van der Waals surface area (Å²) in [5.41, 5.74) is 0. The van der Waals surface area contributed by atoms with Gasteiger partial charge in [-0.05, 0) is 12.5 Å². The van der Waals surface area contributed by atoms with Gasteiger partial charge in [-0.25, -0.2) is 0 Å². The first-order chi connectivity index (χ1) is 6.69. The minimum atomic E-state index is -4.36. The maximum Gasteiger partial charge on any atom is 0.401 e. The molecular weight excluding hydrogens is 211 g/mol. The molecule has 1 N–H and O–H groups in total. The number of hydrogen-bond acceptors (Lipinski definition) is 2. The Morgan fingerprint density at radius 2 is 1.87 bits per heavy atom. The molecule has 1 atom stereocenters. The van der Waals surface area contributed by atoms with Crippen LogP contribution in [0.15, 0.2) is 0 Å². The molecule has 6 heteroatoms. The largest absolute Gasteiger partial charge is 0.480 e. The molecule has 3 nitrogen and oxygen atoms in total. The van der Waals surface area contributed by atoms with Crippen LogP contribution in [0.1, 0.15) is 20.8 Å². The summed E-state index contributed by atoms with van der Waals surface area (Å²) >= 11 is 0. The Hall–Kier alpha value is -0.780. The van der Waals surface area contributed by atoms with E-state index in [1.54, 1.807) is 13.8 Å². The summed E-state index contributed by atoms with van der Waals surface area (Å²) in [6.07, 6.45) is -4.36. The van der Waals surface area contributed by atoms with Crippen LogP contribution >= 0.6 is 0 Å². The fourth-order valence-electron chi connectivity index (χ4n) is 1.50. The first-order valence-electron chi connectivity index (χ1n) is 4.72. The first kappa shape index (κ1) is 14.2. The summed E-state index contributed by atoms with van der Waals surface area (Å²) in [7, 11) is 0. The fraction of sp³-hybridized carbons (Fsp3) is 0.889. The summed E-state index contributed by atoms with van der Waals surface area (Å²) in [4.78, 5) is 11.7. The van der Waals surface area contributed by atoms with E-state index in [1.165, 1.54) is 6.92 Å². The second kappa shape index (κ2) is 5.34. The minimum absolute atomic E-state index is 0.0641. The number of carbonyl (C=O) groups is 1. The Balaban J connectivity index is 4.68. The fourth-order valence-corrected chi connectivity index (χ4v) is 1.50. The van der Waals surface area contributed by atoms with E-state index in [-0.39, 0.29) is 12.5 Å². The van der Waals surface area contributed by atoms with E-state index in [9.17, 15) is 18.0 Å². The number of likely N-dealkylation sites (N-methyl/N-ethyl adjacent to an activating group) is 1. The van der Waals surface area contributed by atoms with Crippen molar-refractivity contribution in [2.45, 2.75) is 33.0 Å². The van der Waals surface area contributed by atoms with Gasteiger partial charge in [0.25, 0.3) is 0 Å². The zero-order chi connectivity index (χ0) is 12.2. The van der Waals surface area contributed by atoms with Crippen LogP contribution in [-0.4, -0.2) is 41.3 Å². The molecule has 0 aromatic rings. The minimum Gasteiger partial charge on any atom is -0.480 e. The molecule has 0 fully saturated rings. The number of aliphatic carboxylic acids is 1. The van der Waals surface area contributed by atoms with Crippen LogP contribution in [0.25, 0.3) is 0 Å². The van der Waals surface area contributed by atoms with Gasteiger partial charge in [0.2, 0.25) is 0 Å². The van der Waals surface area contributed by atoms with E-state index in [0.717, 1.165) is 4.90 Å². The Labute approximate surface area is 86.9 Å². The van der Waals surface area contributed by atoms with E-state index >= 15 is 0 Å². The molecule has 0 heterocycles. The molecule has 0 saturated carbocycles. The van der Waals surface area contributed by atoms with Gasteiger partial charge in [0.05, 0.1) is 6.54 Å². The average Bonchev–Trinajstić information content (AvgIpc) is 1.98. The Morgan fingerprint density at radius 1 is 1.40 bits per heavy atom. The number of halogens is 3. The zero-order valence-electron chi connectivity index (χ0n) is 9.01. The topological polar surface area (TPSA) is 40.5 Å². The van der Waals surface area contributed by atoms with Crippen LogP contribution in [0.2, 0.25) is 0 Å². The van der Waals surface area contributed by atoms with Crippen molar-refractivity contribution >= 4 is 5.97 Å². The molecule has 0 aliphatic rings. The monoisotopic (exact) mass is 227 g/mol. The molecule has 90 valence electrons. The third kappa shape index (κ3) is 5.01. The lowest BCUT2D eigenvalue weighted by atomic mass is 10.0. The number of hydrogen-bond donors (Lipinski definition) is 1. The van der Waals surface area contributed by atoms with Gasteiger partial charge in [-0.2, -0.15) is 13.2 Å². The van der Waals surface area contributed by atoms with Crippen molar-refractivity contribution in [2.75, 3.05) is 13.1 Å². The molecule has 0 aromatic heterocycles. The number of alkyl halides is 3. The maximum atomic E-state index is 12.1. The summed E-state index contributed by atoms with van der Waals surface area (Å²) in [6.45, 7) is 3.59. The Morgan fingerprint density at radius 3 is 2.07 bits per heavy atom. The van der Waals surface area contributed by atoms with Crippen LogP contribution in [0, 0.1) is 5.92 Å². The predicted octanol–water partition coefficient (Wildman–Crippen LogP) is 1.98. The number of carboxylic acids is 1. The highest BCUT2D eigenvalue weighted by molar-refractivity contribution is 5.73. The van der Waals surface area contributed by atoms with Gasteiger partial charge in [0, 0.05) is 0 Å². The highest BCUT2D eigenvalue weighted by Crippen LogP contribution is 2.20. The van der Waals surface area contributed by atoms with Gasteiger partial charge in [0.1, 0.15) is 6.04 Å². The normalized spacial score (nSPS) is 14.7. The Bertz CT molecular complexity index is 216. The summed E-state index contributed by atoms with van der Waals surface area (Å²) in [5, 5.41) is 8.83. The lowest BCUT2D eigenvalue weighted by molar-refractivity contribution is -0.163. The average molecular weight is 227 g/mol. The molecule has 0 aliphatic heterocycles. The van der Waals surface area contributed by atoms with Crippen molar-refractivity contribution in [1.82, 2.24) is 4.90 Å². The van der Waals surface area contributed by atoms with Crippen LogP contribution < -0.4 is 0 Å². The van der Waals surface area contributed by atoms with E-state index in [1.807, 2.05) is 0 Å². The van der Waals surface area contributed by atoms with E-state index in [2.05, 4.69) is 0 Å². The molecule has 1 unspecified atom stereocenters. The summed E-state index contributed by atoms with van der Waals surface area (Å²) in [5.74, 6) is -1.57. The van der Waals surface area contributed by atoms with Gasteiger partial charge in [-0.15, -0.1) is 0 Å². The van der Waals surface area contributed by atoms with Crippen molar-refractivity contribution in [3.8, 4) is 0 Å². The third-order valence-electron chi connectivity index (χ3n) is 2.07. The highest BCUT2D eigenvalue weighted by atomic mass is 19.4. The second-order valence-electron chi connectivity index (χ2n) is 3.71. The van der Waals surface area contributed by atoms with Crippen molar-refractivity contribution in [2.24, 2.45) is 5.92 Å². The SMILES string of the molecule is CCN(CC(F)(F)F)C(C(=O)O)C(C)C. The molecule has 15 heavy (non-hydrogen) atoms. The van der Waals surface area contributed by atoms with E-state index in [4.69, 9.17) is 5.11 Å². The molecule has 0 amide bonds. The lowest BCUT2D eigenvalue weighted by Gasteiger charge is -2.30. The van der Waals surface area contributed by atoms with Crippen molar-refractivity contribution in [3.63, 3.8) is 0 Å². The first-order valence-corrected chi connectivity index (χ1v) is 4.72. The van der Waals surface area contributed by atoms with Gasteiger partial charge in [-0.3, -0.25) is 9.69 Å². The van der Waals surface area contributed by atoms with Gasteiger partial charge < -0.3 is 5.11 Å². The molecule has 0 spiro atoms. The molecule has 0 aromatic carbocycles. The van der Waals surface area contributed by atoms with Crippen molar-refractivity contribution in [3.05, 3.63) is 0 Å². The lowest BCUT2D eigenvalue weighted by Crippen LogP contribution is -2.48. The standard InChI is InChI=1S/C9H16F3NO2/c1-4-13(5-9(10,11)12)7(6(2)3)8(14)15/h6-7H,4-5H2,1-3H3,(H,14,15). The highest BCUT2D eigenvalue weighted by Gasteiger charge is 2.36. The zero-order valence-corrected chi connectivity index (χ0v) is 9.01. The van der Waals surface area contributed by atoms with Crippen LogP contribution in [0.4, 0.5) is 13.2 Å². The summed E-state index contributed by atoms with van der Waals surface area (Å²) in [6, 6.07) is -1.09.